The molecule has 1 aromatic heterocycles. The Bertz CT molecular complexity index is 796. The molecule has 3 rings (SSSR count). The van der Waals surface area contributed by atoms with Crippen LogP contribution in [0.2, 0.25) is 0 Å². The molecular formula is C18H19N3OS. The summed E-state index contributed by atoms with van der Waals surface area (Å²) in [5.74, 6) is 0.847. The molecule has 0 bridgehead atoms. The molecule has 5 N–H and O–H groups in total. The van der Waals surface area contributed by atoms with Gasteiger partial charge in [-0.3, -0.25) is 0 Å². The van der Waals surface area contributed by atoms with E-state index in [9.17, 15) is 0 Å². The second-order valence-corrected chi connectivity index (χ2v) is 5.98. The third-order valence-electron chi connectivity index (χ3n) is 3.68. The molecule has 0 saturated heterocycles. The quantitative estimate of drug-likeness (QED) is 0.615. The molecule has 0 radical (unpaired) electrons. The largest absolute Gasteiger partial charge is 0.497 e. The van der Waals surface area contributed by atoms with Crippen molar-refractivity contribution in [2.45, 2.75) is 6.54 Å². The van der Waals surface area contributed by atoms with Gasteiger partial charge in [-0.25, -0.2) is 0 Å². The lowest BCUT2D eigenvalue weighted by Crippen LogP contribution is -2.00. The average molecular weight is 325 g/mol. The number of methoxy groups -OCH3 is 1. The zero-order chi connectivity index (χ0) is 16.2. The fourth-order valence-electron chi connectivity index (χ4n) is 2.41. The number of nitrogens with two attached hydrogens (primary N) is 2. The number of thiophene rings is 1. The van der Waals surface area contributed by atoms with Crippen LogP contribution in [0.1, 0.15) is 5.56 Å². The topological polar surface area (TPSA) is 73.3 Å². The summed E-state index contributed by atoms with van der Waals surface area (Å²) < 4.78 is 5.17. The standard InChI is InChI=1S/C18H19N3OS/c1-22-15-5-3-14(4-6-15)21-9-12-10-23-11-17(12)16-8-13(19)2-7-18(16)20/h2-8,10-11,21H,9,19-20H2,1H3. The number of nitrogens with one attached hydrogen (secondary N) is 1. The third kappa shape index (κ3) is 3.40. The highest BCUT2D eigenvalue weighted by Crippen LogP contribution is 2.33. The molecule has 0 amide bonds. The van der Waals surface area contributed by atoms with Crippen LogP contribution >= 0.6 is 11.3 Å². The van der Waals surface area contributed by atoms with Crippen molar-refractivity contribution in [3.8, 4) is 16.9 Å². The van der Waals surface area contributed by atoms with E-state index >= 15 is 0 Å². The number of hydrogen-bond donors (Lipinski definition) is 3. The van der Waals surface area contributed by atoms with E-state index in [1.54, 1.807) is 18.4 Å². The van der Waals surface area contributed by atoms with E-state index in [0.717, 1.165) is 40.5 Å². The van der Waals surface area contributed by atoms with E-state index in [1.807, 2.05) is 42.5 Å². The van der Waals surface area contributed by atoms with Gasteiger partial charge in [0.25, 0.3) is 0 Å². The summed E-state index contributed by atoms with van der Waals surface area (Å²) in [7, 11) is 1.66. The SMILES string of the molecule is COc1ccc(NCc2cscc2-c2cc(N)ccc2N)cc1. The first-order chi connectivity index (χ1) is 11.2. The van der Waals surface area contributed by atoms with Gasteiger partial charge in [-0.1, -0.05) is 0 Å². The fourth-order valence-corrected chi connectivity index (χ4v) is 3.27. The molecule has 0 aliphatic rings. The Labute approximate surface area is 139 Å². The number of rotatable bonds is 5. The van der Waals surface area contributed by atoms with Crippen molar-refractivity contribution in [2.75, 3.05) is 23.9 Å². The van der Waals surface area contributed by atoms with E-state index in [-0.39, 0.29) is 0 Å². The zero-order valence-electron chi connectivity index (χ0n) is 12.9. The maximum atomic E-state index is 6.10. The highest BCUT2D eigenvalue weighted by Gasteiger charge is 2.10. The first kappa shape index (κ1) is 15.2. The molecule has 2 aromatic carbocycles. The summed E-state index contributed by atoms with van der Waals surface area (Å²) in [6.45, 7) is 0.722. The fraction of sp³-hybridized carbons (Fsp3) is 0.111. The lowest BCUT2D eigenvalue weighted by molar-refractivity contribution is 0.415. The number of nitrogen functional groups attached to an aromatic ring is 2. The summed E-state index contributed by atoms with van der Waals surface area (Å²) >= 11 is 1.66. The van der Waals surface area contributed by atoms with Crippen molar-refractivity contribution >= 4 is 28.4 Å². The van der Waals surface area contributed by atoms with Gasteiger partial charge in [0.15, 0.2) is 0 Å². The molecule has 0 atom stereocenters. The molecule has 3 aromatic rings. The smallest absolute Gasteiger partial charge is 0.119 e. The predicted octanol–water partition coefficient (Wildman–Crippen LogP) is 4.20. The van der Waals surface area contributed by atoms with Crippen LogP contribution in [0.3, 0.4) is 0 Å². The van der Waals surface area contributed by atoms with Crippen LogP contribution in [0.15, 0.2) is 53.2 Å². The van der Waals surface area contributed by atoms with Gasteiger partial charge in [-0.05, 0) is 64.4 Å². The van der Waals surface area contributed by atoms with Gasteiger partial charge in [0.1, 0.15) is 5.75 Å². The molecular weight excluding hydrogens is 306 g/mol. The second kappa shape index (κ2) is 6.62. The lowest BCUT2D eigenvalue weighted by atomic mass is 10.0. The van der Waals surface area contributed by atoms with Crippen LogP contribution in [0.5, 0.6) is 5.75 Å². The van der Waals surface area contributed by atoms with Gasteiger partial charge in [-0.2, -0.15) is 11.3 Å². The lowest BCUT2D eigenvalue weighted by Gasteiger charge is -2.11. The van der Waals surface area contributed by atoms with Gasteiger partial charge in [0.2, 0.25) is 0 Å². The van der Waals surface area contributed by atoms with E-state index < -0.39 is 0 Å². The first-order valence-corrected chi connectivity index (χ1v) is 8.20. The molecule has 0 unspecified atom stereocenters. The molecule has 0 aliphatic carbocycles. The van der Waals surface area contributed by atoms with Crippen LogP contribution in [-0.2, 0) is 6.54 Å². The Morgan fingerprint density at radius 3 is 2.52 bits per heavy atom. The van der Waals surface area contributed by atoms with Gasteiger partial charge in [-0.15, -0.1) is 0 Å². The summed E-state index contributed by atoms with van der Waals surface area (Å²) in [4.78, 5) is 0. The normalized spacial score (nSPS) is 10.5. The van der Waals surface area contributed by atoms with Crippen molar-refractivity contribution in [1.82, 2.24) is 0 Å². The van der Waals surface area contributed by atoms with Crippen LogP contribution < -0.4 is 21.5 Å². The Hall–Kier alpha value is -2.66. The van der Waals surface area contributed by atoms with Crippen molar-refractivity contribution in [3.05, 3.63) is 58.8 Å². The average Bonchev–Trinajstić information content (AvgIpc) is 3.04. The maximum Gasteiger partial charge on any atom is 0.119 e. The van der Waals surface area contributed by atoms with E-state index in [2.05, 4.69) is 16.1 Å². The number of ether oxygens (including phenoxy) is 1. The summed E-state index contributed by atoms with van der Waals surface area (Å²) in [5, 5.41) is 7.66. The minimum Gasteiger partial charge on any atom is -0.497 e. The Balaban J connectivity index is 1.79. The highest BCUT2D eigenvalue weighted by molar-refractivity contribution is 7.08. The molecule has 0 aliphatic heterocycles. The van der Waals surface area contributed by atoms with Gasteiger partial charge < -0.3 is 21.5 Å². The first-order valence-electron chi connectivity index (χ1n) is 7.25. The van der Waals surface area contributed by atoms with Gasteiger partial charge in [0, 0.05) is 29.2 Å². The molecule has 4 nitrogen and oxygen atoms in total. The Kier molecular flexibility index (Phi) is 4.39. The highest BCUT2D eigenvalue weighted by atomic mass is 32.1. The number of hydrogen-bond acceptors (Lipinski definition) is 5. The minimum atomic E-state index is 0.717. The van der Waals surface area contributed by atoms with Crippen LogP contribution in [0.4, 0.5) is 17.1 Å². The van der Waals surface area contributed by atoms with Crippen molar-refractivity contribution in [1.29, 1.82) is 0 Å². The van der Waals surface area contributed by atoms with E-state index in [1.165, 1.54) is 5.56 Å². The minimum absolute atomic E-state index is 0.717. The third-order valence-corrected chi connectivity index (χ3v) is 4.48. The molecule has 23 heavy (non-hydrogen) atoms. The summed E-state index contributed by atoms with van der Waals surface area (Å²) in [6.07, 6.45) is 0. The summed E-state index contributed by atoms with van der Waals surface area (Å²) in [6, 6.07) is 13.5. The predicted molar refractivity (Wildman–Crippen MR) is 98.9 cm³/mol. The molecule has 118 valence electrons. The van der Waals surface area contributed by atoms with Crippen molar-refractivity contribution in [2.24, 2.45) is 0 Å². The second-order valence-electron chi connectivity index (χ2n) is 5.24. The van der Waals surface area contributed by atoms with Crippen LogP contribution in [0, 0.1) is 0 Å². The maximum absolute atomic E-state index is 6.10. The number of anilines is 3. The zero-order valence-corrected chi connectivity index (χ0v) is 13.7. The molecule has 0 spiro atoms. The monoisotopic (exact) mass is 325 g/mol. The van der Waals surface area contributed by atoms with Crippen molar-refractivity contribution in [3.63, 3.8) is 0 Å². The molecule has 5 heteroatoms. The van der Waals surface area contributed by atoms with Crippen LogP contribution in [-0.4, -0.2) is 7.11 Å². The Morgan fingerprint density at radius 2 is 1.78 bits per heavy atom. The molecule has 0 fully saturated rings. The number of benzene rings is 2. The van der Waals surface area contributed by atoms with Crippen molar-refractivity contribution < 1.29 is 4.74 Å². The van der Waals surface area contributed by atoms with E-state index in [0.29, 0.717) is 0 Å². The molecule has 0 saturated carbocycles. The molecule has 1 heterocycles. The summed E-state index contributed by atoms with van der Waals surface area (Å²) in [5.41, 5.74) is 17.8. The Morgan fingerprint density at radius 1 is 1.00 bits per heavy atom. The van der Waals surface area contributed by atoms with E-state index in [4.69, 9.17) is 16.2 Å². The van der Waals surface area contributed by atoms with Gasteiger partial charge in [0.05, 0.1) is 7.11 Å². The van der Waals surface area contributed by atoms with Crippen LogP contribution in [0.25, 0.3) is 11.1 Å². The van der Waals surface area contributed by atoms with Gasteiger partial charge >= 0.3 is 0 Å².